The minimum absolute atomic E-state index is 0.102. The Bertz CT molecular complexity index is 666. The molecule has 0 spiro atoms. The molecule has 102 valence electrons. The van der Waals surface area contributed by atoms with E-state index < -0.39 is 5.91 Å². The van der Waals surface area contributed by atoms with Crippen molar-refractivity contribution in [2.45, 2.75) is 6.92 Å². The maximum atomic E-state index is 11.8. The van der Waals surface area contributed by atoms with E-state index in [1.165, 1.54) is 12.1 Å². The molecule has 0 saturated carbocycles. The van der Waals surface area contributed by atoms with Crippen molar-refractivity contribution in [3.63, 3.8) is 0 Å². The number of aromatic hydroxyl groups is 2. The summed E-state index contributed by atoms with van der Waals surface area (Å²) in [6.07, 6.45) is 0. The minimum Gasteiger partial charge on any atom is -0.508 e. The van der Waals surface area contributed by atoms with Crippen molar-refractivity contribution in [2.24, 2.45) is 5.10 Å². The molecule has 0 aliphatic rings. The first-order chi connectivity index (χ1) is 9.58. The molecule has 1 amide bonds. The van der Waals surface area contributed by atoms with Gasteiger partial charge in [-0.3, -0.25) is 4.79 Å². The SMILES string of the molecule is C/C(=N\NC(=O)c1ccccc1O)c1cccc(O)c1. The molecule has 0 saturated heterocycles. The zero-order chi connectivity index (χ0) is 14.5. The van der Waals surface area contributed by atoms with Crippen molar-refractivity contribution < 1.29 is 15.0 Å². The van der Waals surface area contributed by atoms with Crippen LogP contribution in [0.5, 0.6) is 11.5 Å². The Balaban J connectivity index is 2.13. The summed E-state index contributed by atoms with van der Waals surface area (Å²) >= 11 is 0. The van der Waals surface area contributed by atoms with Crippen molar-refractivity contribution in [3.05, 3.63) is 59.7 Å². The van der Waals surface area contributed by atoms with Crippen molar-refractivity contribution >= 4 is 11.6 Å². The number of rotatable bonds is 3. The second-order valence-corrected chi connectivity index (χ2v) is 4.21. The normalized spacial score (nSPS) is 11.2. The number of carbonyl (C=O) groups excluding carboxylic acids is 1. The minimum atomic E-state index is -0.498. The van der Waals surface area contributed by atoms with E-state index in [-0.39, 0.29) is 17.1 Å². The quantitative estimate of drug-likeness (QED) is 0.591. The van der Waals surface area contributed by atoms with Crippen LogP contribution in [-0.4, -0.2) is 21.8 Å². The predicted octanol–water partition coefficient (Wildman–Crippen LogP) is 2.25. The Morgan fingerprint density at radius 2 is 1.85 bits per heavy atom. The van der Waals surface area contributed by atoms with Gasteiger partial charge in [0.05, 0.1) is 11.3 Å². The number of hydrazone groups is 1. The molecule has 2 aromatic carbocycles. The van der Waals surface area contributed by atoms with E-state index in [9.17, 15) is 15.0 Å². The summed E-state index contributed by atoms with van der Waals surface area (Å²) in [6.45, 7) is 1.71. The van der Waals surface area contributed by atoms with Gasteiger partial charge in [0, 0.05) is 5.56 Å². The van der Waals surface area contributed by atoms with Gasteiger partial charge < -0.3 is 10.2 Å². The number of nitrogens with zero attached hydrogens (tertiary/aromatic N) is 1. The summed E-state index contributed by atoms with van der Waals surface area (Å²) < 4.78 is 0. The van der Waals surface area contributed by atoms with E-state index in [1.807, 2.05) is 0 Å². The number of amides is 1. The molecule has 5 heteroatoms. The van der Waals surface area contributed by atoms with E-state index in [2.05, 4.69) is 10.5 Å². The van der Waals surface area contributed by atoms with Crippen LogP contribution in [0, 0.1) is 0 Å². The molecule has 0 aromatic heterocycles. The van der Waals surface area contributed by atoms with Gasteiger partial charge in [-0.2, -0.15) is 5.10 Å². The number of phenols is 2. The van der Waals surface area contributed by atoms with Crippen LogP contribution in [0.4, 0.5) is 0 Å². The van der Waals surface area contributed by atoms with Gasteiger partial charge in [0.25, 0.3) is 5.91 Å². The molecule has 2 aromatic rings. The fraction of sp³-hybridized carbons (Fsp3) is 0.0667. The molecule has 3 N–H and O–H groups in total. The summed E-state index contributed by atoms with van der Waals surface area (Å²) in [5.41, 5.74) is 3.76. The van der Waals surface area contributed by atoms with E-state index in [0.29, 0.717) is 11.3 Å². The van der Waals surface area contributed by atoms with E-state index >= 15 is 0 Å². The van der Waals surface area contributed by atoms with Gasteiger partial charge in [0.1, 0.15) is 11.5 Å². The number of phenolic OH excluding ortho intramolecular Hbond substituents is 2. The predicted molar refractivity (Wildman–Crippen MR) is 75.9 cm³/mol. The number of hydrogen-bond donors (Lipinski definition) is 3. The van der Waals surface area contributed by atoms with Crippen LogP contribution in [0.25, 0.3) is 0 Å². The number of hydrogen-bond acceptors (Lipinski definition) is 4. The summed E-state index contributed by atoms with van der Waals surface area (Å²) in [4.78, 5) is 11.8. The van der Waals surface area contributed by atoms with Gasteiger partial charge >= 0.3 is 0 Å². The van der Waals surface area contributed by atoms with Gasteiger partial charge in [-0.1, -0.05) is 24.3 Å². The monoisotopic (exact) mass is 270 g/mol. The van der Waals surface area contributed by atoms with Crippen LogP contribution in [0.2, 0.25) is 0 Å². The Labute approximate surface area is 116 Å². The Kier molecular flexibility index (Phi) is 4.00. The first kappa shape index (κ1) is 13.6. The smallest absolute Gasteiger partial charge is 0.275 e. The summed E-state index contributed by atoms with van der Waals surface area (Å²) in [7, 11) is 0. The molecule has 5 nitrogen and oxygen atoms in total. The fourth-order valence-corrected chi connectivity index (χ4v) is 1.66. The third kappa shape index (κ3) is 3.14. The van der Waals surface area contributed by atoms with E-state index in [1.54, 1.807) is 43.3 Å². The molecule has 0 radical (unpaired) electrons. The average Bonchev–Trinajstić information content (AvgIpc) is 2.45. The Hall–Kier alpha value is -2.82. The molecule has 0 aliphatic carbocycles. The average molecular weight is 270 g/mol. The molecular weight excluding hydrogens is 256 g/mol. The highest BCUT2D eigenvalue weighted by Gasteiger charge is 2.09. The van der Waals surface area contributed by atoms with E-state index in [4.69, 9.17) is 0 Å². The summed E-state index contributed by atoms with van der Waals surface area (Å²) in [6, 6.07) is 12.8. The van der Waals surface area contributed by atoms with Crippen molar-refractivity contribution in [1.82, 2.24) is 5.43 Å². The number of carbonyl (C=O) groups is 1. The molecule has 0 fully saturated rings. The summed E-state index contributed by atoms with van der Waals surface area (Å²) in [5.74, 6) is -0.470. The third-order valence-corrected chi connectivity index (χ3v) is 2.74. The van der Waals surface area contributed by atoms with Crippen LogP contribution in [-0.2, 0) is 0 Å². The van der Waals surface area contributed by atoms with Crippen LogP contribution < -0.4 is 5.43 Å². The lowest BCUT2D eigenvalue weighted by atomic mass is 10.1. The van der Waals surface area contributed by atoms with Crippen LogP contribution >= 0.6 is 0 Å². The van der Waals surface area contributed by atoms with Gasteiger partial charge in [-0.15, -0.1) is 0 Å². The lowest BCUT2D eigenvalue weighted by molar-refractivity contribution is 0.0952. The van der Waals surface area contributed by atoms with Gasteiger partial charge in [-0.25, -0.2) is 5.43 Å². The highest BCUT2D eigenvalue weighted by Crippen LogP contribution is 2.15. The molecule has 0 unspecified atom stereocenters. The molecule has 0 aliphatic heterocycles. The molecule has 0 bridgehead atoms. The molecule has 2 rings (SSSR count). The van der Waals surface area contributed by atoms with Crippen LogP contribution in [0.3, 0.4) is 0 Å². The zero-order valence-electron chi connectivity index (χ0n) is 10.9. The van der Waals surface area contributed by atoms with Crippen molar-refractivity contribution in [1.29, 1.82) is 0 Å². The zero-order valence-corrected chi connectivity index (χ0v) is 10.9. The number of nitrogens with one attached hydrogen (secondary N) is 1. The Morgan fingerprint density at radius 3 is 2.55 bits per heavy atom. The van der Waals surface area contributed by atoms with Gasteiger partial charge in [-0.05, 0) is 31.2 Å². The fourth-order valence-electron chi connectivity index (χ4n) is 1.66. The molecule has 0 heterocycles. The number of para-hydroxylation sites is 1. The molecule has 0 atom stereocenters. The third-order valence-electron chi connectivity index (χ3n) is 2.74. The second kappa shape index (κ2) is 5.88. The van der Waals surface area contributed by atoms with Crippen LogP contribution in [0.15, 0.2) is 53.6 Å². The van der Waals surface area contributed by atoms with Crippen LogP contribution in [0.1, 0.15) is 22.8 Å². The van der Waals surface area contributed by atoms with Crippen molar-refractivity contribution in [2.75, 3.05) is 0 Å². The maximum absolute atomic E-state index is 11.8. The largest absolute Gasteiger partial charge is 0.508 e. The first-order valence-electron chi connectivity index (χ1n) is 6.00. The second-order valence-electron chi connectivity index (χ2n) is 4.21. The summed E-state index contributed by atoms with van der Waals surface area (Å²) in [5, 5.41) is 22.9. The Morgan fingerprint density at radius 1 is 1.10 bits per heavy atom. The maximum Gasteiger partial charge on any atom is 0.275 e. The van der Waals surface area contributed by atoms with E-state index in [0.717, 1.165) is 0 Å². The first-order valence-corrected chi connectivity index (χ1v) is 6.00. The highest BCUT2D eigenvalue weighted by atomic mass is 16.3. The lowest BCUT2D eigenvalue weighted by Gasteiger charge is -2.04. The molecular formula is C15H14N2O3. The topological polar surface area (TPSA) is 81.9 Å². The standard InChI is InChI=1S/C15H14N2O3/c1-10(11-5-4-6-12(18)9-11)16-17-15(20)13-7-2-3-8-14(13)19/h2-9,18-19H,1H3,(H,17,20)/b16-10+. The van der Waals surface area contributed by atoms with Gasteiger partial charge in [0.2, 0.25) is 0 Å². The number of benzene rings is 2. The highest BCUT2D eigenvalue weighted by molar-refractivity contribution is 6.01. The molecule has 20 heavy (non-hydrogen) atoms. The van der Waals surface area contributed by atoms with Crippen molar-refractivity contribution in [3.8, 4) is 11.5 Å². The lowest BCUT2D eigenvalue weighted by Crippen LogP contribution is -2.19. The van der Waals surface area contributed by atoms with Gasteiger partial charge in [0.15, 0.2) is 0 Å².